The molecule has 2 aromatic carbocycles. The predicted molar refractivity (Wildman–Crippen MR) is 99.2 cm³/mol. The number of rotatable bonds is 8. The molecule has 0 bridgehead atoms. The molecule has 0 aliphatic rings. The zero-order valence-corrected chi connectivity index (χ0v) is 15.7. The first-order valence-electron chi connectivity index (χ1n) is 7.92. The summed E-state index contributed by atoms with van der Waals surface area (Å²) in [6.45, 7) is 2.36. The number of amides is 1. The SMILES string of the molecule is COCCNS(=O)(=O)c1ccc(C(=O)Nc2cc(C)ccc2OC)cc1. The predicted octanol–water partition coefficient (Wildman–Crippen LogP) is 2.18. The van der Waals surface area contributed by atoms with E-state index < -0.39 is 10.0 Å². The van der Waals surface area contributed by atoms with Gasteiger partial charge in [-0.15, -0.1) is 0 Å². The highest BCUT2D eigenvalue weighted by atomic mass is 32.2. The number of carbonyl (C=O) groups excluding carboxylic acids is 1. The third kappa shape index (κ3) is 5.04. The number of hydrogen-bond acceptors (Lipinski definition) is 5. The highest BCUT2D eigenvalue weighted by molar-refractivity contribution is 7.89. The molecule has 0 aliphatic heterocycles. The minimum atomic E-state index is -3.63. The maximum absolute atomic E-state index is 12.4. The summed E-state index contributed by atoms with van der Waals surface area (Å²) in [5.41, 5.74) is 1.87. The first-order valence-corrected chi connectivity index (χ1v) is 9.40. The lowest BCUT2D eigenvalue weighted by Crippen LogP contribution is -2.27. The van der Waals surface area contributed by atoms with Crippen molar-refractivity contribution < 1.29 is 22.7 Å². The second-order valence-electron chi connectivity index (χ2n) is 5.57. The van der Waals surface area contributed by atoms with Gasteiger partial charge in [0.15, 0.2) is 0 Å². The molecular formula is C18H22N2O5S. The van der Waals surface area contributed by atoms with Crippen molar-refractivity contribution in [2.75, 3.05) is 32.7 Å². The van der Waals surface area contributed by atoms with Crippen LogP contribution in [0, 0.1) is 6.92 Å². The number of ether oxygens (including phenoxy) is 2. The van der Waals surface area contributed by atoms with Crippen LogP contribution < -0.4 is 14.8 Å². The van der Waals surface area contributed by atoms with E-state index in [0.29, 0.717) is 17.0 Å². The lowest BCUT2D eigenvalue weighted by Gasteiger charge is -2.11. The number of carbonyl (C=O) groups is 1. The van der Waals surface area contributed by atoms with Crippen molar-refractivity contribution in [2.24, 2.45) is 0 Å². The van der Waals surface area contributed by atoms with Crippen LogP contribution in [-0.2, 0) is 14.8 Å². The second kappa shape index (κ2) is 8.79. The van der Waals surface area contributed by atoms with Crippen LogP contribution in [0.2, 0.25) is 0 Å². The molecule has 0 atom stereocenters. The summed E-state index contributed by atoms with van der Waals surface area (Å²) >= 11 is 0. The first kappa shape index (κ1) is 19.9. The van der Waals surface area contributed by atoms with Gasteiger partial charge in [0, 0.05) is 19.2 Å². The Morgan fingerprint density at radius 1 is 1.08 bits per heavy atom. The van der Waals surface area contributed by atoms with Gasteiger partial charge in [0.25, 0.3) is 5.91 Å². The molecule has 0 fully saturated rings. The first-order chi connectivity index (χ1) is 12.4. The van der Waals surface area contributed by atoms with Gasteiger partial charge in [-0.3, -0.25) is 4.79 Å². The van der Waals surface area contributed by atoms with Crippen molar-refractivity contribution in [3.63, 3.8) is 0 Å². The van der Waals surface area contributed by atoms with Crippen LogP contribution in [0.1, 0.15) is 15.9 Å². The summed E-state index contributed by atoms with van der Waals surface area (Å²) in [7, 11) is -0.617. The van der Waals surface area contributed by atoms with Crippen LogP contribution in [0.25, 0.3) is 0 Å². The van der Waals surface area contributed by atoms with E-state index in [1.54, 1.807) is 12.1 Å². The normalized spacial score (nSPS) is 11.2. The van der Waals surface area contributed by atoms with Crippen LogP contribution in [0.15, 0.2) is 47.4 Å². The third-order valence-corrected chi connectivity index (χ3v) is 5.11. The summed E-state index contributed by atoms with van der Waals surface area (Å²) in [6.07, 6.45) is 0. The van der Waals surface area contributed by atoms with Gasteiger partial charge < -0.3 is 14.8 Å². The monoisotopic (exact) mass is 378 g/mol. The molecule has 26 heavy (non-hydrogen) atoms. The van der Waals surface area contributed by atoms with E-state index in [1.807, 2.05) is 13.0 Å². The zero-order valence-electron chi connectivity index (χ0n) is 14.9. The molecule has 1 amide bonds. The number of methoxy groups -OCH3 is 2. The largest absolute Gasteiger partial charge is 0.495 e. The standard InChI is InChI=1S/C18H22N2O5S/c1-13-4-9-17(25-3)16(12-13)20-18(21)14-5-7-15(8-6-14)26(22,23)19-10-11-24-2/h4-9,12,19H,10-11H2,1-3H3,(H,20,21). The number of benzene rings is 2. The number of anilines is 1. The van der Waals surface area contributed by atoms with E-state index in [-0.39, 0.29) is 24.0 Å². The van der Waals surface area contributed by atoms with Crippen molar-refractivity contribution in [1.29, 1.82) is 0 Å². The van der Waals surface area contributed by atoms with Gasteiger partial charge in [-0.2, -0.15) is 0 Å². The Balaban J connectivity index is 2.13. The van der Waals surface area contributed by atoms with E-state index in [9.17, 15) is 13.2 Å². The summed E-state index contributed by atoms with van der Waals surface area (Å²) in [5.74, 6) is 0.190. The molecule has 0 saturated heterocycles. The van der Waals surface area contributed by atoms with Gasteiger partial charge in [-0.05, 0) is 48.9 Å². The van der Waals surface area contributed by atoms with E-state index in [4.69, 9.17) is 9.47 Å². The van der Waals surface area contributed by atoms with Crippen molar-refractivity contribution in [3.8, 4) is 5.75 Å². The molecule has 2 rings (SSSR count). The van der Waals surface area contributed by atoms with Gasteiger partial charge in [0.1, 0.15) is 5.75 Å². The Bertz CT molecular complexity index is 864. The Kier molecular flexibility index (Phi) is 6.73. The highest BCUT2D eigenvalue weighted by Crippen LogP contribution is 2.25. The van der Waals surface area contributed by atoms with E-state index >= 15 is 0 Å². The highest BCUT2D eigenvalue weighted by Gasteiger charge is 2.15. The summed E-state index contributed by atoms with van der Waals surface area (Å²) in [4.78, 5) is 12.5. The van der Waals surface area contributed by atoms with Crippen LogP contribution in [0.3, 0.4) is 0 Å². The number of aryl methyl sites for hydroxylation is 1. The summed E-state index contributed by atoms with van der Waals surface area (Å²) in [6, 6.07) is 11.1. The molecule has 0 radical (unpaired) electrons. The maximum Gasteiger partial charge on any atom is 0.255 e. The summed E-state index contributed by atoms with van der Waals surface area (Å²) in [5, 5.41) is 2.77. The molecule has 8 heteroatoms. The Morgan fingerprint density at radius 2 is 1.77 bits per heavy atom. The maximum atomic E-state index is 12.4. The van der Waals surface area contributed by atoms with Crippen molar-refractivity contribution >= 4 is 21.6 Å². The number of hydrogen-bond donors (Lipinski definition) is 2. The van der Waals surface area contributed by atoms with E-state index in [1.165, 1.54) is 38.5 Å². The molecular weight excluding hydrogens is 356 g/mol. The van der Waals surface area contributed by atoms with Crippen molar-refractivity contribution in [1.82, 2.24) is 4.72 Å². The van der Waals surface area contributed by atoms with Crippen LogP contribution in [0.4, 0.5) is 5.69 Å². The van der Waals surface area contributed by atoms with Crippen LogP contribution >= 0.6 is 0 Å². The van der Waals surface area contributed by atoms with Gasteiger partial charge in [-0.1, -0.05) is 6.07 Å². The fourth-order valence-electron chi connectivity index (χ4n) is 2.26. The van der Waals surface area contributed by atoms with Gasteiger partial charge in [0.05, 0.1) is 24.3 Å². The molecule has 0 aliphatic carbocycles. The summed E-state index contributed by atoms with van der Waals surface area (Å²) < 4.78 is 36.7. The minimum Gasteiger partial charge on any atom is -0.495 e. The topological polar surface area (TPSA) is 93.7 Å². The Labute approximate surface area is 153 Å². The van der Waals surface area contributed by atoms with Gasteiger partial charge >= 0.3 is 0 Å². The smallest absolute Gasteiger partial charge is 0.255 e. The molecule has 7 nitrogen and oxygen atoms in total. The fourth-order valence-corrected chi connectivity index (χ4v) is 3.27. The van der Waals surface area contributed by atoms with Crippen LogP contribution in [-0.4, -0.2) is 41.7 Å². The Morgan fingerprint density at radius 3 is 2.38 bits per heavy atom. The van der Waals surface area contributed by atoms with Crippen molar-refractivity contribution in [3.05, 3.63) is 53.6 Å². The third-order valence-electron chi connectivity index (χ3n) is 3.63. The molecule has 0 heterocycles. The molecule has 0 unspecified atom stereocenters. The van der Waals surface area contributed by atoms with Gasteiger partial charge in [0.2, 0.25) is 10.0 Å². The quantitative estimate of drug-likeness (QED) is 0.687. The molecule has 2 aromatic rings. The van der Waals surface area contributed by atoms with E-state index in [2.05, 4.69) is 10.0 Å². The lowest BCUT2D eigenvalue weighted by atomic mass is 10.1. The van der Waals surface area contributed by atoms with Crippen molar-refractivity contribution in [2.45, 2.75) is 11.8 Å². The zero-order chi connectivity index (χ0) is 19.2. The molecule has 2 N–H and O–H groups in total. The van der Waals surface area contributed by atoms with Crippen LogP contribution in [0.5, 0.6) is 5.75 Å². The number of nitrogens with one attached hydrogen (secondary N) is 2. The fraction of sp³-hybridized carbons (Fsp3) is 0.278. The lowest BCUT2D eigenvalue weighted by molar-refractivity contribution is 0.102. The molecule has 0 saturated carbocycles. The van der Waals surface area contributed by atoms with E-state index in [0.717, 1.165) is 5.56 Å². The molecule has 0 spiro atoms. The second-order valence-corrected chi connectivity index (χ2v) is 7.34. The number of sulfonamides is 1. The molecule has 0 aromatic heterocycles. The average Bonchev–Trinajstić information content (AvgIpc) is 2.62. The van der Waals surface area contributed by atoms with Gasteiger partial charge in [-0.25, -0.2) is 13.1 Å². The molecule has 140 valence electrons. The minimum absolute atomic E-state index is 0.0817. The Hall–Kier alpha value is -2.42. The average molecular weight is 378 g/mol.